The maximum absolute atomic E-state index is 5.08. The molecule has 4 heteroatoms. The van der Waals surface area contributed by atoms with Gasteiger partial charge in [-0.2, -0.15) is 0 Å². The lowest BCUT2D eigenvalue weighted by molar-refractivity contribution is 0.600. The molecule has 8 rings (SSSR count). The minimum atomic E-state index is -0.172. The van der Waals surface area contributed by atoms with Gasteiger partial charge in [-0.05, 0) is 53.1 Å². The van der Waals surface area contributed by atoms with Crippen molar-refractivity contribution >= 4 is 27.5 Å². The Morgan fingerprint density at radius 3 is 1.88 bits per heavy atom. The minimum Gasteiger partial charge on any atom is -0.373 e. The summed E-state index contributed by atoms with van der Waals surface area (Å²) in [5.74, 6) is 0. The van der Waals surface area contributed by atoms with Gasteiger partial charge in [0.15, 0.2) is 0 Å². The summed E-state index contributed by atoms with van der Waals surface area (Å²) >= 11 is 0. The van der Waals surface area contributed by atoms with Crippen LogP contribution in [0.4, 0.5) is 0 Å². The molecule has 2 unspecified atom stereocenters. The molecule has 0 fully saturated rings. The highest BCUT2D eigenvalue weighted by atomic mass is 15.1. The van der Waals surface area contributed by atoms with Crippen LogP contribution in [0.3, 0.4) is 0 Å². The molecule has 43 heavy (non-hydrogen) atoms. The van der Waals surface area contributed by atoms with Gasteiger partial charge in [-0.1, -0.05) is 121 Å². The zero-order valence-electron chi connectivity index (χ0n) is 23.6. The van der Waals surface area contributed by atoms with E-state index < -0.39 is 0 Å². The van der Waals surface area contributed by atoms with E-state index in [1.165, 1.54) is 27.4 Å². The molecule has 3 heterocycles. The molecule has 206 valence electrons. The zero-order chi connectivity index (χ0) is 28.6. The molecule has 2 N–H and O–H groups in total. The fraction of sp³-hybridized carbons (Fsp3) is 0.0513. The third-order valence-corrected chi connectivity index (χ3v) is 8.28. The predicted octanol–water partition coefficient (Wildman–Crippen LogP) is 8.54. The van der Waals surface area contributed by atoms with Crippen molar-refractivity contribution < 1.29 is 0 Å². The van der Waals surface area contributed by atoms with E-state index in [-0.39, 0.29) is 12.2 Å². The van der Waals surface area contributed by atoms with Crippen molar-refractivity contribution in [2.75, 3.05) is 0 Å². The molecule has 0 saturated carbocycles. The number of aromatic nitrogens is 1. The van der Waals surface area contributed by atoms with E-state index in [1.54, 1.807) is 0 Å². The molecule has 2 aliphatic heterocycles. The Hall–Kier alpha value is -5.61. The molecular weight excluding hydrogens is 524 g/mol. The van der Waals surface area contributed by atoms with Gasteiger partial charge >= 0.3 is 0 Å². The van der Waals surface area contributed by atoms with Crippen LogP contribution in [0, 0.1) is 0 Å². The highest BCUT2D eigenvalue weighted by Crippen LogP contribution is 2.33. The SMILES string of the molecule is C1=CC(c2ccc(-n3c4ccccc4c4ccccc43)cc2)NC(C2=CC(c3ccccc3)=NC(c3ccccc3)N2)=C1. The summed E-state index contributed by atoms with van der Waals surface area (Å²) in [5.41, 5.74) is 10.1. The summed E-state index contributed by atoms with van der Waals surface area (Å²) in [6, 6.07) is 47.0. The first-order valence-electron chi connectivity index (χ1n) is 14.7. The average molecular weight is 555 g/mol. The van der Waals surface area contributed by atoms with Crippen LogP contribution in [0.2, 0.25) is 0 Å². The van der Waals surface area contributed by atoms with Gasteiger partial charge in [0.05, 0.1) is 34.2 Å². The van der Waals surface area contributed by atoms with Gasteiger partial charge in [0.2, 0.25) is 0 Å². The Bertz CT molecular complexity index is 2010. The Labute approximate surface area is 251 Å². The Balaban J connectivity index is 1.10. The number of hydrogen-bond donors (Lipinski definition) is 2. The summed E-state index contributed by atoms with van der Waals surface area (Å²) in [4.78, 5) is 5.08. The first-order chi connectivity index (χ1) is 21.3. The Kier molecular flexibility index (Phi) is 6.23. The molecule has 4 nitrogen and oxygen atoms in total. The number of dihydropyridines is 1. The second kappa shape index (κ2) is 10.7. The van der Waals surface area contributed by atoms with Gasteiger partial charge < -0.3 is 15.2 Å². The van der Waals surface area contributed by atoms with Gasteiger partial charge in [-0.15, -0.1) is 0 Å². The van der Waals surface area contributed by atoms with E-state index in [0.717, 1.165) is 33.9 Å². The minimum absolute atomic E-state index is 0.0455. The van der Waals surface area contributed by atoms with Crippen LogP contribution >= 0.6 is 0 Å². The summed E-state index contributed by atoms with van der Waals surface area (Å²) in [6.45, 7) is 0. The number of para-hydroxylation sites is 2. The molecule has 6 aromatic rings. The molecule has 0 saturated heterocycles. The topological polar surface area (TPSA) is 41.4 Å². The number of fused-ring (bicyclic) bond motifs is 3. The van der Waals surface area contributed by atoms with Crippen molar-refractivity contribution in [2.45, 2.75) is 12.2 Å². The lowest BCUT2D eigenvalue weighted by Gasteiger charge is -2.29. The molecule has 0 spiro atoms. The van der Waals surface area contributed by atoms with E-state index in [0.29, 0.717) is 0 Å². The molecule has 2 aliphatic rings. The van der Waals surface area contributed by atoms with Gasteiger partial charge in [0.25, 0.3) is 0 Å². The molecule has 0 amide bonds. The first kappa shape index (κ1) is 25.1. The highest BCUT2D eigenvalue weighted by Gasteiger charge is 2.23. The van der Waals surface area contributed by atoms with E-state index in [2.05, 4.69) is 161 Å². The quantitative estimate of drug-likeness (QED) is 0.224. The van der Waals surface area contributed by atoms with Crippen molar-refractivity contribution in [1.29, 1.82) is 0 Å². The maximum atomic E-state index is 5.08. The summed E-state index contributed by atoms with van der Waals surface area (Å²) < 4.78 is 2.36. The van der Waals surface area contributed by atoms with Crippen LogP contribution in [0.15, 0.2) is 174 Å². The van der Waals surface area contributed by atoms with Crippen LogP contribution in [-0.4, -0.2) is 10.3 Å². The van der Waals surface area contributed by atoms with Crippen molar-refractivity contribution in [1.82, 2.24) is 15.2 Å². The monoisotopic (exact) mass is 554 g/mol. The second-order valence-electron chi connectivity index (χ2n) is 10.9. The normalized spacial score (nSPS) is 18.0. The largest absolute Gasteiger partial charge is 0.373 e. The van der Waals surface area contributed by atoms with Gasteiger partial charge in [0.1, 0.15) is 6.17 Å². The molecule has 5 aromatic carbocycles. The number of nitrogens with zero attached hydrogens (tertiary/aromatic N) is 2. The number of benzene rings is 5. The summed E-state index contributed by atoms with van der Waals surface area (Å²) in [7, 11) is 0. The zero-order valence-corrected chi connectivity index (χ0v) is 23.6. The average Bonchev–Trinajstić information content (AvgIpc) is 3.43. The third kappa shape index (κ3) is 4.63. The maximum Gasteiger partial charge on any atom is 0.145 e. The molecule has 1 aromatic heterocycles. The lowest BCUT2D eigenvalue weighted by Crippen LogP contribution is -2.32. The van der Waals surface area contributed by atoms with E-state index >= 15 is 0 Å². The van der Waals surface area contributed by atoms with Crippen molar-refractivity contribution in [3.05, 3.63) is 186 Å². The standard InChI is InChI=1S/C39H30N4/c1-3-12-27(13-4-1)35-26-36(42-39(41-35)29-14-5-2-6-15-29)34-19-11-18-33(40-34)28-22-24-30(25-23-28)43-37-20-9-7-16-31(37)32-17-8-10-21-38(32)43/h1-26,33,39-40,42H. The van der Waals surface area contributed by atoms with Crippen molar-refractivity contribution in [3.63, 3.8) is 0 Å². The summed E-state index contributed by atoms with van der Waals surface area (Å²) in [5, 5.41) is 10.0. The second-order valence-corrected chi connectivity index (χ2v) is 10.9. The number of hydrogen-bond acceptors (Lipinski definition) is 3. The molecule has 0 aliphatic carbocycles. The lowest BCUT2D eigenvalue weighted by atomic mass is 10.00. The van der Waals surface area contributed by atoms with Crippen molar-refractivity contribution in [2.24, 2.45) is 4.99 Å². The fourth-order valence-electron chi connectivity index (χ4n) is 6.17. The molecular formula is C39H30N4. The first-order valence-corrected chi connectivity index (χ1v) is 14.7. The Morgan fingerprint density at radius 1 is 0.558 bits per heavy atom. The number of rotatable bonds is 5. The number of allylic oxidation sites excluding steroid dienone is 3. The van der Waals surface area contributed by atoms with Crippen LogP contribution in [0.1, 0.15) is 28.9 Å². The third-order valence-electron chi connectivity index (χ3n) is 8.28. The van der Waals surface area contributed by atoms with Gasteiger partial charge in [-0.3, -0.25) is 4.99 Å². The number of aliphatic imine (C=N–C) groups is 1. The molecule has 0 radical (unpaired) electrons. The number of nitrogens with one attached hydrogen (secondary N) is 2. The van der Waals surface area contributed by atoms with Crippen LogP contribution < -0.4 is 10.6 Å². The van der Waals surface area contributed by atoms with Gasteiger partial charge in [-0.25, -0.2) is 0 Å². The van der Waals surface area contributed by atoms with E-state index in [1.807, 2.05) is 12.1 Å². The Morgan fingerprint density at radius 2 is 1.19 bits per heavy atom. The summed E-state index contributed by atoms with van der Waals surface area (Å²) in [6.07, 6.45) is 8.47. The van der Waals surface area contributed by atoms with Crippen LogP contribution in [0.25, 0.3) is 27.5 Å². The highest BCUT2D eigenvalue weighted by molar-refractivity contribution is 6.10. The van der Waals surface area contributed by atoms with E-state index in [9.17, 15) is 0 Å². The molecule has 0 bridgehead atoms. The predicted molar refractivity (Wildman–Crippen MR) is 177 cm³/mol. The smallest absolute Gasteiger partial charge is 0.145 e. The van der Waals surface area contributed by atoms with E-state index in [4.69, 9.17) is 4.99 Å². The van der Waals surface area contributed by atoms with Gasteiger partial charge in [0, 0.05) is 16.5 Å². The van der Waals surface area contributed by atoms with Crippen LogP contribution in [0.5, 0.6) is 0 Å². The molecule has 2 atom stereocenters. The van der Waals surface area contributed by atoms with Crippen LogP contribution in [-0.2, 0) is 0 Å². The fourth-order valence-corrected chi connectivity index (χ4v) is 6.17. The van der Waals surface area contributed by atoms with Crippen molar-refractivity contribution in [3.8, 4) is 5.69 Å².